The number of pyridine rings is 2. The second kappa shape index (κ2) is 5.25. The Kier molecular flexibility index (Phi) is 2.97. The van der Waals surface area contributed by atoms with E-state index < -0.39 is 0 Å². The highest BCUT2D eigenvalue weighted by molar-refractivity contribution is 5.74. The third-order valence-corrected chi connectivity index (χ3v) is 3.23. The molecule has 4 aromatic rings. The van der Waals surface area contributed by atoms with Gasteiger partial charge in [0.05, 0.1) is 0 Å². The van der Waals surface area contributed by atoms with Gasteiger partial charge in [0.25, 0.3) is 0 Å². The molecule has 6 nitrogen and oxygen atoms in total. The molecule has 0 aromatic carbocycles. The van der Waals surface area contributed by atoms with Crippen LogP contribution in [0.4, 0.5) is 11.5 Å². The van der Waals surface area contributed by atoms with Crippen LogP contribution in [0.3, 0.4) is 0 Å². The van der Waals surface area contributed by atoms with Crippen LogP contribution in [-0.2, 0) is 0 Å². The smallest absolute Gasteiger partial charge is 0.200 e. The van der Waals surface area contributed by atoms with Crippen molar-refractivity contribution < 1.29 is 0 Å². The Morgan fingerprint density at radius 2 is 1.82 bits per heavy atom. The molecule has 0 spiro atoms. The minimum Gasteiger partial charge on any atom is -0.338 e. The first-order chi connectivity index (χ1) is 10.9. The first-order valence-electron chi connectivity index (χ1n) is 6.84. The Labute approximate surface area is 126 Å². The number of hydrogen-bond donors (Lipinski definition) is 1. The summed E-state index contributed by atoms with van der Waals surface area (Å²) < 4.78 is 1.79. The standard InChI is InChI=1S/C16H12N6/c1-2-8-18-13(4-1)15-20-16(14-5-3-11-22(14)21-15)19-12-6-9-17-10-7-12/h1-11H,(H,17,19,20,21). The molecule has 0 unspecified atom stereocenters. The van der Waals surface area contributed by atoms with Crippen LogP contribution >= 0.6 is 0 Å². The van der Waals surface area contributed by atoms with Gasteiger partial charge in [-0.05, 0) is 36.4 Å². The van der Waals surface area contributed by atoms with Gasteiger partial charge < -0.3 is 5.32 Å². The largest absolute Gasteiger partial charge is 0.338 e. The topological polar surface area (TPSA) is 68.0 Å². The van der Waals surface area contributed by atoms with Crippen molar-refractivity contribution in [2.75, 3.05) is 5.32 Å². The van der Waals surface area contributed by atoms with E-state index in [4.69, 9.17) is 0 Å². The summed E-state index contributed by atoms with van der Waals surface area (Å²) in [6, 6.07) is 13.4. The molecule has 4 aromatic heterocycles. The minimum atomic E-state index is 0.570. The van der Waals surface area contributed by atoms with Crippen LogP contribution in [0.15, 0.2) is 67.3 Å². The average molecular weight is 288 g/mol. The van der Waals surface area contributed by atoms with E-state index in [-0.39, 0.29) is 0 Å². The fourth-order valence-corrected chi connectivity index (χ4v) is 2.20. The summed E-state index contributed by atoms with van der Waals surface area (Å²) in [4.78, 5) is 12.9. The molecule has 0 aliphatic heterocycles. The predicted molar refractivity (Wildman–Crippen MR) is 83.7 cm³/mol. The maximum absolute atomic E-state index is 4.61. The lowest BCUT2D eigenvalue weighted by molar-refractivity contribution is 0.910. The molecule has 0 saturated carbocycles. The van der Waals surface area contributed by atoms with Crippen LogP contribution in [-0.4, -0.2) is 24.6 Å². The highest BCUT2D eigenvalue weighted by atomic mass is 15.3. The Balaban J connectivity index is 1.84. The van der Waals surface area contributed by atoms with Crippen LogP contribution in [0.25, 0.3) is 17.0 Å². The zero-order valence-corrected chi connectivity index (χ0v) is 11.6. The molecule has 0 aliphatic rings. The third kappa shape index (κ3) is 2.26. The van der Waals surface area contributed by atoms with Gasteiger partial charge in [0, 0.05) is 30.5 Å². The molecule has 0 bridgehead atoms. The lowest BCUT2D eigenvalue weighted by atomic mass is 10.3. The van der Waals surface area contributed by atoms with Crippen molar-refractivity contribution in [2.45, 2.75) is 0 Å². The van der Waals surface area contributed by atoms with Crippen molar-refractivity contribution in [3.63, 3.8) is 0 Å². The Hall–Kier alpha value is -3.28. The van der Waals surface area contributed by atoms with E-state index in [1.807, 2.05) is 48.7 Å². The van der Waals surface area contributed by atoms with Crippen LogP contribution in [0.5, 0.6) is 0 Å². The fourth-order valence-electron chi connectivity index (χ4n) is 2.20. The number of anilines is 2. The molecule has 106 valence electrons. The van der Waals surface area contributed by atoms with Crippen molar-refractivity contribution in [1.29, 1.82) is 0 Å². The molecule has 0 saturated heterocycles. The molecule has 0 radical (unpaired) electrons. The Morgan fingerprint density at radius 3 is 2.64 bits per heavy atom. The van der Waals surface area contributed by atoms with E-state index in [0.717, 1.165) is 22.7 Å². The van der Waals surface area contributed by atoms with Gasteiger partial charge in [-0.25, -0.2) is 9.50 Å². The van der Waals surface area contributed by atoms with Gasteiger partial charge in [-0.1, -0.05) is 6.07 Å². The molecule has 0 amide bonds. The van der Waals surface area contributed by atoms with Crippen LogP contribution < -0.4 is 5.32 Å². The fraction of sp³-hybridized carbons (Fsp3) is 0. The van der Waals surface area contributed by atoms with Gasteiger partial charge in [-0.15, -0.1) is 5.10 Å². The lowest BCUT2D eigenvalue weighted by Crippen LogP contribution is -2.03. The van der Waals surface area contributed by atoms with Gasteiger partial charge in [0.1, 0.15) is 11.2 Å². The highest BCUT2D eigenvalue weighted by Crippen LogP contribution is 2.22. The lowest BCUT2D eigenvalue weighted by Gasteiger charge is -2.09. The zero-order chi connectivity index (χ0) is 14.8. The number of fused-ring (bicyclic) bond motifs is 1. The molecule has 4 heterocycles. The average Bonchev–Trinajstić information content (AvgIpc) is 3.05. The van der Waals surface area contributed by atoms with Crippen molar-refractivity contribution in [2.24, 2.45) is 0 Å². The molecular weight excluding hydrogens is 276 g/mol. The summed E-state index contributed by atoms with van der Waals surface area (Å²) in [5.41, 5.74) is 2.55. The Morgan fingerprint density at radius 1 is 0.909 bits per heavy atom. The first kappa shape index (κ1) is 12.5. The van der Waals surface area contributed by atoms with Crippen LogP contribution in [0.1, 0.15) is 0 Å². The highest BCUT2D eigenvalue weighted by Gasteiger charge is 2.10. The Bertz CT molecular complexity index is 902. The maximum atomic E-state index is 4.61. The minimum absolute atomic E-state index is 0.570. The number of rotatable bonds is 3. The molecule has 6 heteroatoms. The third-order valence-electron chi connectivity index (χ3n) is 3.23. The van der Waals surface area contributed by atoms with Gasteiger partial charge in [-0.3, -0.25) is 9.97 Å². The predicted octanol–water partition coefficient (Wildman–Crippen LogP) is 2.93. The second-order valence-corrected chi connectivity index (χ2v) is 4.70. The molecule has 4 rings (SSSR count). The van der Waals surface area contributed by atoms with Crippen LogP contribution in [0, 0.1) is 0 Å². The van der Waals surface area contributed by atoms with Gasteiger partial charge in [-0.2, -0.15) is 0 Å². The SMILES string of the molecule is c1ccc(-c2nc(Nc3ccncc3)c3cccn3n2)nc1. The molecule has 0 aliphatic carbocycles. The number of nitrogens with zero attached hydrogens (tertiary/aromatic N) is 5. The summed E-state index contributed by atoms with van der Waals surface area (Å²) in [7, 11) is 0. The normalized spacial score (nSPS) is 10.7. The second-order valence-electron chi connectivity index (χ2n) is 4.70. The molecule has 0 fully saturated rings. The number of aromatic nitrogens is 5. The maximum Gasteiger partial charge on any atom is 0.200 e. The summed E-state index contributed by atoms with van der Waals surface area (Å²) in [6.07, 6.45) is 7.09. The van der Waals surface area contributed by atoms with Crippen molar-refractivity contribution in [3.05, 3.63) is 67.3 Å². The monoisotopic (exact) mass is 288 g/mol. The van der Waals surface area contributed by atoms with Crippen LogP contribution in [0.2, 0.25) is 0 Å². The van der Waals surface area contributed by atoms with Gasteiger partial charge in [0.2, 0.25) is 5.82 Å². The summed E-state index contributed by atoms with van der Waals surface area (Å²) >= 11 is 0. The van der Waals surface area contributed by atoms with E-state index >= 15 is 0 Å². The van der Waals surface area contributed by atoms with E-state index in [1.54, 1.807) is 23.1 Å². The molecule has 0 atom stereocenters. The quantitative estimate of drug-likeness (QED) is 0.627. The number of nitrogens with one attached hydrogen (secondary N) is 1. The van der Waals surface area contributed by atoms with E-state index in [1.165, 1.54) is 0 Å². The van der Waals surface area contributed by atoms with Crippen molar-refractivity contribution in [1.82, 2.24) is 24.6 Å². The van der Waals surface area contributed by atoms with E-state index in [9.17, 15) is 0 Å². The summed E-state index contributed by atoms with van der Waals surface area (Å²) in [5.74, 6) is 1.30. The summed E-state index contributed by atoms with van der Waals surface area (Å²) in [5, 5.41) is 7.80. The molecular formula is C16H12N6. The molecule has 22 heavy (non-hydrogen) atoms. The van der Waals surface area contributed by atoms with E-state index in [2.05, 4.69) is 25.4 Å². The molecule has 1 N–H and O–H groups in total. The van der Waals surface area contributed by atoms with Crippen molar-refractivity contribution >= 4 is 17.0 Å². The first-order valence-corrected chi connectivity index (χ1v) is 6.84. The summed E-state index contributed by atoms with van der Waals surface area (Å²) in [6.45, 7) is 0. The number of hydrogen-bond acceptors (Lipinski definition) is 5. The van der Waals surface area contributed by atoms with Crippen molar-refractivity contribution in [3.8, 4) is 11.5 Å². The zero-order valence-electron chi connectivity index (χ0n) is 11.6. The van der Waals surface area contributed by atoms with Gasteiger partial charge >= 0.3 is 0 Å². The van der Waals surface area contributed by atoms with E-state index in [0.29, 0.717) is 5.82 Å². The van der Waals surface area contributed by atoms with Gasteiger partial charge in [0.15, 0.2) is 5.82 Å².